The molecule has 2 aromatic heterocycles. The van der Waals surface area contributed by atoms with Crippen LogP contribution in [0.4, 0.5) is 0 Å². The molecule has 1 aromatic carbocycles. The van der Waals surface area contributed by atoms with Crippen molar-refractivity contribution in [1.29, 1.82) is 0 Å². The molecule has 3 aromatic rings. The molecule has 4 rings (SSSR count). The lowest BCUT2D eigenvalue weighted by atomic mass is 10.00. The Morgan fingerprint density at radius 3 is 3.04 bits per heavy atom. The summed E-state index contributed by atoms with van der Waals surface area (Å²) in [4.78, 5) is 20.1. The number of nitrogens with one attached hydrogen (secondary N) is 1. The van der Waals surface area contributed by atoms with Gasteiger partial charge in [0.25, 0.3) is 0 Å². The maximum absolute atomic E-state index is 12.4. The van der Waals surface area contributed by atoms with Crippen molar-refractivity contribution in [2.24, 2.45) is 0 Å². The molecule has 1 aliphatic heterocycles. The lowest BCUT2D eigenvalue weighted by Crippen LogP contribution is -2.40. The van der Waals surface area contributed by atoms with Crippen LogP contribution in [-0.2, 0) is 17.8 Å². The number of hydrogen-bond donors (Lipinski definition) is 1. The van der Waals surface area contributed by atoms with E-state index in [4.69, 9.17) is 0 Å². The molecular formula is C18H20N4OS. The predicted molar refractivity (Wildman–Crippen MR) is 95.0 cm³/mol. The largest absolute Gasteiger partial charge is 0.347 e. The number of fused-ring (bicyclic) bond motifs is 2. The zero-order valence-corrected chi connectivity index (χ0v) is 14.4. The first-order chi connectivity index (χ1) is 11.7. The van der Waals surface area contributed by atoms with Crippen LogP contribution < -0.4 is 5.32 Å². The number of amides is 1. The van der Waals surface area contributed by atoms with E-state index in [-0.39, 0.29) is 11.9 Å². The van der Waals surface area contributed by atoms with Crippen LogP contribution in [0.2, 0.25) is 0 Å². The number of benzene rings is 1. The summed E-state index contributed by atoms with van der Waals surface area (Å²) < 4.78 is 1.99. The second kappa shape index (κ2) is 6.37. The van der Waals surface area contributed by atoms with Gasteiger partial charge in [0.05, 0.1) is 18.3 Å². The summed E-state index contributed by atoms with van der Waals surface area (Å²) in [6.07, 6.45) is 4.97. The summed E-state index contributed by atoms with van der Waals surface area (Å²) >= 11 is 1.60. The molecule has 124 valence electrons. The number of aromatic nitrogens is 2. The van der Waals surface area contributed by atoms with Crippen LogP contribution in [0.5, 0.6) is 0 Å². The second-order valence-electron chi connectivity index (χ2n) is 6.28. The van der Waals surface area contributed by atoms with Gasteiger partial charge in [-0.05, 0) is 24.5 Å². The number of hydrogen-bond acceptors (Lipinski definition) is 4. The van der Waals surface area contributed by atoms with Crippen molar-refractivity contribution in [1.82, 2.24) is 19.6 Å². The van der Waals surface area contributed by atoms with Crippen molar-refractivity contribution < 1.29 is 4.79 Å². The number of imidazole rings is 1. The van der Waals surface area contributed by atoms with Crippen LogP contribution in [0.3, 0.4) is 0 Å². The van der Waals surface area contributed by atoms with Gasteiger partial charge in [0, 0.05) is 30.9 Å². The van der Waals surface area contributed by atoms with E-state index in [2.05, 4.69) is 39.5 Å². The summed E-state index contributed by atoms with van der Waals surface area (Å²) in [5, 5.41) is 5.07. The number of carbonyl (C=O) groups excluding carboxylic acids is 1. The Kier molecular flexibility index (Phi) is 4.08. The van der Waals surface area contributed by atoms with Gasteiger partial charge in [-0.1, -0.05) is 24.3 Å². The normalized spacial score (nSPS) is 16.0. The molecule has 1 aliphatic rings. The van der Waals surface area contributed by atoms with Gasteiger partial charge in [-0.25, -0.2) is 4.98 Å². The average molecular weight is 340 g/mol. The van der Waals surface area contributed by atoms with Gasteiger partial charge in [-0.15, -0.1) is 11.3 Å². The highest BCUT2D eigenvalue weighted by molar-refractivity contribution is 7.15. The molecule has 24 heavy (non-hydrogen) atoms. The molecule has 0 bridgehead atoms. The first kappa shape index (κ1) is 15.4. The van der Waals surface area contributed by atoms with E-state index in [1.54, 1.807) is 11.3 Å². The molecule has 0 saturated carbocycles. The average Bonchev–Trinajstić information content (AvgIpc) is 3.16. The lowest BCUT2D eigenvalue weighted by molar-refractivity contribution is -0.123. The molecule has 0 saturated heterocycles. The van der Waals surface area contributed by atoms with Gasteiger partial charge >= 0.3 is 0 Å². The second-order valence-corrected chi connectivity index (χ2v) is 7.15. The van der Waals surface area contributed by atoms with Crippen LogP contribution in [0, 0.1) is 0 Å². The first-order valence-corrected chi connectivity index (χ1v) is 9.07. The maximum Gasteiger partial charge on any atom is 0.234 e. The van der Waals surface area contributed by atoms with Gasteiger partial charge in [0.15, 0.2) is 4.96 Å². The maximum atomic E-state index is 12.4. The summed E-state index contributed by atoms with van der Waals surface area (Å²) in [7, 11) is 0. The highest BCUT2D eigenvalue weighted by atomic mass is 32.1. The molecule has 0 spiro atoms. The van der Waals surface area contributed by atoms with Crippen LogP contribution in [0.15, 0.2) is 42.0 Å². The third-order valence-corrected chi connectivity index (χ3v) is 5.28. The van der Waals surface area contributed by atoms with Crippen LogP contribution in [0.1, 0.15) is 29.8 Å². The predicted octanol–water partition coefficient (Wildman–Crippen LogP) is 2.63. The number of thiazole rings is 1. The Balaban J connectivity index is 1.36. The molecular weight excluding hydrogens is 320 g/mol. The van der Waals surface area contributed by atoms with Gasteiger partial charge in [0.1, 0.15) is 0 Å². The number of nitrogens with zero attached hydrogens (tertiary/aromatic N) is 3. The Hall–Kier alpha value is -2.18. The lowest BCUT2D eigenvalue weighted by Gasteiger charge is -2.28. The van der Waals surface area contributed by atoms with E-state index in [1.807, 2.05) is 29.1 Å². The SMILES string of the molecule is C[C@H](NC(=O)CN1CCc2ccccc2C1)c1cn2ccsc2n1. The van der Waals surface area contributed by atoms with E-state index < -0.39 is 0 Å². The monoisotopic (exact) mass is 340 g/mol. The fourth-order valence-electron chi connectivity index (χ4n) is 3.21. The molecule has 0 radical (unpaired) electrons. The highest BCUT2D eigenvalue weighted by Crippen LogP contribution is 2.19. The Labute approximate surface area is 144 Å². The van der Waals surface area contributed by atoms with E-state index in [1.165, 1.54) is 11.1 Å². The molecule has 3 heterocycles. The van der Waals surface area contributed by atoms with Crippen molar-refractivity contribution in [2.75, 3.05) is 13.1 Å². The number of rotatable bonds is 4. The van der Waals surface area contributed by atoms with Crippen molar-refractivity contribution in [3.8, 4) is 0 Å². The van der Waals surface area contributed by atoms with Crippen molar-refractivity contribution in [3.05, 3.63) is 58.9 Å². The Bertz CT molecular complexity index is 840. The zero-order chi connectivity index (χ0) is 16.5. The molecule has 1 atom stereocenters. The zero-order valence-electron chi connectivity index (χ0n) is 13.6. The molecule has 6 heteroatoms. The Morgan fingerprint density at radius 2 is 2.21 bits per heavy atom. The molecule has 5 nitrogen and oxygen atoms in total. The van der Waals surface area contributed by atoms with E-state index in [9.17, 15) is 4.79 Å². The Morgan fingerprint density at radius 1 is 1.38 bits per heavy atom. The topological polar surface area (TPSA) is 49.6 Å². The van der Waals surface area contributed by atoms with Crippen LogP contribution in [0.25, 0.3) is 4.96 Å². The van der Waals surface area contributed by atoms with Crippen molar-refractivity contribution >= 4 is 22.2 Å². The van der Waals surface area contributed by atoms with Gasteiger partial charge in [0.2, 0.25) is 5.91 Å². The highest BCUT2D eigenvalue weighted by Gasteiger charge is 2.20. The van der Waals surface area contributed by atoms with Crippen molar-refractivity contribution in [3.63, 3.8) is 0 Å². The van der Waals surface area contributed by atoms with E-state index >= 15 is 0 Å². The number of carbonyl (C=O) groups is 1. The summed E-state index contributed by atoms with van der Waals surface area (Å²) in [6.45, 7) is 4.19. The minimum Gasteiger partial charge on any atom is -0.347 e. The fraction of sp³-hybridized carbons (Fsp3) is 0.333. The standard InChI is InChI=1S/C18H20N4OS/c1-13(16-11-22-8-9-24-18(22)20-16)19-17(23)12-21-7-6-14-4-2-3-5-15(14)10-21/h2-5,8-9,11,13H,6-7,10,12H2,1H3,(H,19,23)/t13-/m0/s1. The summed E-state index contributed by atoms with van der Waals surface area (Å²) in [6, 6.07) is 8.40. The molecule has 0 aliphatic carbocycles. The van der Waals surface area contributed by atoms with Gasteiger partial charge < -0.3 is 5.32 Å². The third-order valence-electron chi connectivity index (χ3n) is 4.51. The fourth-order valence-corrected chi connectivity index (χ4v) is 3.91. The van der Waals surface area contributed by atoms with Crippen LogP contribution in [-0.4, -0.2) is 33.3 Å². The smallest absolute Gasteiger partial charge is 0.234 e. The van der Waals surface area contributed by atoms with Crippen molar-refractivity contribution in [2.45, 2.75) is 25.9 Å². The summed E-state index contributed by atoms with van der Waals surface area (Å²) in [5.74, 6) is 0.0539. The van der Waals surface area contributed by atoms with E-state index in [0.29, 0.717) is 6.54 Å². The minimum absolute atomic E-state index is 0.0539. The van der Waals surface area contributed by atoms with E-state index in [0.717, 1.165) is 30.2 Å². The molecule has 0 fully saturated rings. The van der Waals surface area contributed by atoms with Crippen LogP contribution >= 0.6 is 11.3 Å². The van der Waals surface area contributed by atoms with Gasteiger partial charge in [-0.3, -0.25) is 14.1 Å². The minimum atomic E-state index is -0.0818. The first-order valence-electron chi connectivity index (χ1n) is 8.19. The molecule has 0 unspecified atom stereocenters. The molecule has 1 N–H and O–H groups in total. The third kappa shape index (κ3) is 3.07. The quantitative estimate of drug-likeness (QED) is 0.794. The van der Waals surface area contributed by atoms with Gasteiger partial charge in [-0.2, -0.15) is 0 Å². The molecule has 1 amide bonds. The summed E-state index contributed by atoms with van der Waals surface area (Å²) in [5.41, 5.74) is 3.64.